The summed E-state index contributed by atoms with van der Waals surface area (Å²) in [6.45, 7) is 19.5. The van der Waals surface area contributed by atoms with Gasteiger partial charge in [-0.1, -0.05) is 52.7 Å². The molecule has 1 amide bonds. The quantitative estimate of drug-likeness (QED) is 0.172. The molecule has 1 N–H and O–H groups in total. The summed E-state index contributed by atoms with van der Waals surface area (Å²) >= 11 is 0. The maximum atomic E-state index is 14.2. The monoisotopic (exact) mass is 543 g/mol. The Hall–Kier alpha value is -2.24. The summed E-state index contributed by atoms with van der Waals surface area (Å²) in [7, 11) is 0. The number of hydrogen-bond donors (Lipinski definition) is 1. The fraction of sp³-hybridized carbons (Fsp3) is 0.758. The lowest BCUT2D eigenvalue weighted by Gasteiger charge is -2.32. The lowest BCUT2D eigenvalue weighted by Crippen LogP contribution is -2.50. The van der Waals surface area contributed by atoms with Crippen LogP contribution < -0.4 is 5.32 Å². The number of Topliss-reactive ketones (excluding diaryl/α,β-unsaturated/α-hetero) is 3. The van der Waals surface area contributed by atoms with Crippen LogP contribution in [0.2, 0.25) is 0 Å². The molecule has 2 saturated carbocycles. The number of hydrogen-bond acceptors (Lipinski definition) is 5. The topological polar surface area (TPSA) is 89.5 Å². The van der Waals surface area contributed by atoms with E-state index >= 15 is 0 Å². The van der Waals surface area contributed by atoms with Crippen LogP contribution >= 0.6 is 0 Å². The maximum Gasteiger partial charge on any atom is 0.408 e. The number of carbonyl (C=O) groups is 4. The number of carbonyl (C=O) groups excluding carboxylic acids is 4. The summed E-state index contributed by atoms with van der Waals surface area (Å²) in [6, 6.07) is -0.643. The molecule has 6 heteroatoms. The van der Waals surface area contributed by atoms with Crippen LogP contribution in [-0.2, 0) is 19.1 Å². The van der Waals surface area contributed by atoms with Crippen LogP contribution in [0.1, 0.15) is 112 Å². The van der Waals surface area contributed by atoms with E-state index in [2.05, 4.69) is 32.3 Å². The first-order chi connectivity index (χ1) is 18.3. The SMILES string of the molecule is C=CCCC(=O)C(=C)C(CCC)CC(=O)[C@H]1C(C(=O)[C@@H](NC(=O)OC(C)(C)C)C2CCCC2)CCC1C(C)C. The Morgan fingerprint density at radius 1 is 1.05 bits per heavy atom. The molecule has 0 aliphatic heterocycles. The highest BCUT2D eigenvalue weighted by Crippen LogP contribution is 2.45. The van der Waals surface area contributed by atoms with Gasteiger partial charge in [0.2, 0.25) is 0 Å². The second-order valence-electron chi connectivity index (χ2n) is 13.1. The van der Waals surface area contributed by atoms with Crippen LogP contribution in [0.5, 0.6) is 0 Å². The van der Waals surface area contributed by atoms with Gasteiger partial charge in [-0.3, -0.25) is 14.4 Å². The van der Waals surface area contributed by atoms with Crippen molar-refractivity contribution in [3.63, 3.8) is 0 Å². The molecule has 3 unspecified atom stereocenters. The van der Waals surface area contributed by atoms with E-state index in [-0.39, 0.29) is 47.4 Å². The van der Waals surface area contributed by atoms with Gasteiger partial charge >= 0.3 is 6.09 Å². The molecule has 0 aromatic heterocycles. The molecule has 0 heterocycles. The van der Waals surface area contributed by atoms with Gasteiger partial charge in [-0.25, -0.2) is 4.79 Å². The van der Waals surface area contributed by atoms with Crippen molar-refractivity contribution >= 4 is 23.4 Å². The van der Waals surface area contributed by atoms with E-state index in [9.17, 15) is 19.2 Å². The van der Waals surface area contributed by atoms with Crippen molar-refractivity contribution in [2.75, 3.05) is 0 Å². The number of amides is 1. The molecule has 2 aliphatic carbocycles. The molecule has 5 atom stereocenters. The minimum Gasteiger partial charge on any atom is -0.444 e. The first-order valence-corrected chi connectivity index (χ1v) is 15.2. The van der Waals surface area contributed by atoms with E-state index in [4.69, 9.17) is 4.74 Å². The Labute approximate surface area is 236 Å². The summed E-state index contributed by atoms with van der Waals surface area (Å²) in [5.74, 6) is -0.612. The van der Waals surface area contributed by atoms with Crippen molar-refractivity contribution in [2.45, 2.75) is 124 Å². The minimum absolute atomic E-state index is 0.0107. The average Bonchev–Trinajstić information content (AvgIpc) is 3.54. The van der Waals surface area contributed by atoms with Crippen LogP contribution in [0.4, 0.5) is 4.79 Å². The zero-order valence-corrected chi connectivity index (χ0v) is 25.4. The molecular weight excluding hydrogens is 490 g/mol. The predicted molar refractivity (Wildman–Crippen MR) is 156 cm³/mol. The van der Waals surface area contributed by atoms with Gasteiger partial charge in [0, 0.05) is 24.7 Å². The summed E-state index contributed by atoms with van der Waals surface area (Å²) in [6.07, 6.45) is 9.18. The molecular formula is C33H53NO5. The second kappa shape index (κ2) is 14.9. The van der Waals surface area contributed by atoms with Crippen molar-refractivity contribution in [3.8, 4) is 0 Å². The van der Waals surface area contributed by atoms with Crippen LogP contribution in [0, 0.1) is 35.5 Å². The molecule has 0 aromatic rings. The van der Waals surface area contributed by atoms with E-state index < -0.39 is 29.6 Å². The van der Waals surface area contributed by atoms with Crippen molar-refractivity contribution in [2.24, 2.45) is 35.5 Å². The van der Waals surface area contributed by atoms with Gasteiger partial charge in [0.1, 0.15) is 11.4 Å². The smallest absolute Gasteiger partial charge is 0.408 e. The second-order valence-corrected chi connectivity index (χ2v) is 13.1. The number of alkyl carbamates (subject to hydrolysis) is 1. The van der Waals surface area contributed by atoms with Crippen molar-refractivity contribution in [1.82, 2.24) is 5.32 Å². The van der Waals surface area contributed by atoms with Crippen molar-refractivity contribution in [3.05, 3.63) is 24.8 Å². The van der Waals surface area contributed by atoms with Gasteiger partial charge < -0.3 is 10.1 Å². The molecule has 220 valence electrons. The van der Waals surface area contributed by atoms with Gasteiger partial charge in [0.05, 0.1) is 6.04 Å². The van der Waals surface area contributed by atoms with Crippen LogP contribution in [0.25, 0.3) is 0 Å². The van der Waals surface area contributed by atoms with Gasteiger partial charge in [0.15, 0.2) is 11.6 Å². The highest BCUT2D eigenvalue weighted by Gasteiger charge is 2.48. The number of rotatable bonds is 15. The van der Waals surface area contributed by atoms with Crippen molar-refractivity contribution in [1.29, 1.82) is 0 Å². The third-order valence-corrected chi connectivity index (χ3v) is 8.66. The van der Waals surface area contributed by atoms with Gasteiger partial charge in [-0.05, 0) is 88.5 Å². The van der Waals surface area contributed by atoms with E-state index in [1.165, 1.54) is 0 Å². The maximum absolute atomic E-state index is 14.2. The molecule has 0 radical (unpaired) electrons. The summed E-state index contributed by atoms with van der Waals surface area (Å²) in [4.78, 5) is 53.7. The van der Waals surface area contributed by atoms with E-state index in [0.29, 0.717) is 31.3 Å². The Kier molecular flexibility index (Phi) is 12.6. The van der Waals surface area contributed by atoms with Crippen LogP contribution in [0.3, 0.4) is 0 Å². The number of ether oxygens (including phenoxy) is 1. The summed E-state index contributed by atoms with van der Waals surface area (Å²) in [5, 5.41) is 2.92. The molecule has 0 spiro atoms. The minimum atomic E-state index is -0.665. The number of ketones is 3. The number of allylic oxidation sites excluding steroid dienone is 2. The van der Waals surface area contributed by atoms with E-state index in [1.54, 1.807) is 26.8 Å². The number of nitrogens with one attached hydrogen (secondary N) is 1. The summed E-state index contributed by atoms with van der Waals surface area (Å²) in [5.41, 5.74) is -0.147. The molecule has 0 bridgehead atoms. The van der Waals surface area contributed by atoms with Gasteiger partial charge in [-0.2, -0.15) is 0 Å². The Bertz CT molecular complexity index is 892. The molecule has 2 fully saturated rings. The Balaban J connectivity index is 2.30. The van der Waals surface area contributed by atoms with Gasteiger partial charge in [0.25, 0.3) is 0 Å². The van der Waals surface area contributed by atoms with Gasteiger partial charge in [-0.15, -0.1) is 6.58 Å². The summed E-state index contributed by atoms with van der Waals surface area (Å²) < 4.78 is 5.51. The normalized spacial score (nSPS) is 23.3. The Morgan fingerprint density at radius 2 is 1.69 bits per heavy atom. The molecule has 2 rings (SSSR count). The molecule has 6 nitrogen and oxygen atoms in total. The largest absolute Gasteiger partial charge is 0.444 e. The van der Waals surface area contributed by atoms with Crippen LogP contribution in [0.15, 0.2) is 24.8 Å². The van der Waals surface area contributed by atoms with E-state index in [1.807, 2.05) is 6.92 Å². The standard InChI is InChI=1S/C33H53NO5/c1-9-11-17-27(35)22(5)24(14-10-2)20-28(36)29-25(21(3)4)18-19-26(29)31(37)30(23-15-12-13-16-23)34-32(38)39-33(6,7)8/h9,21,23-26,29-30H,1,5,10-20H2,2-4,6-8H3,(H,34,38)/t24?,25?,26?,29-,30+/m1/s1. The molecule has 39 heavy (non-hydrogen) atoms. The van der Waals surface area contributed by atoms with E-state index in [0.717, 1.165) is 38.5 Å². The Morgan fingerprint density at radius 3 is 2.23 bits per heavy atom. The first kappa shape index (κ1) is 33.0. The third-order valence-electron chi connectivity index (χ3n) is 8.66. The first-order valence-electron chi connectivity index (χ1n) is 15.2. The molecule has 0 saturated heterocycles. The highest BCUT2D eigenvalue weighted by atomic mass is 16.6. The lowest BCUT2D eigenvalue weighted by molar-refractivity contribution is -0.135. The fourth-order valence-electron chi connectivity index (χ4n) is 6.69. The highest BCUT2D eigenvalue weighted by molar-refractivity contribution is 5.98. The predicted octanol–water partition coefficient (Wildman–Crippen LogP) is 7.40. The van der Waals surface area contributed by atoms with Crippen LogP contribution in [-0.4, -0.2) is 35.1 Å². The fourth-order valence-corrected chi connectivity index (χ4v) is 6.69. The zero-order chi connectivity index (χ0) is 29.3. The third kappa shape index (κ3) is 9.42. The molecule has 2 aliphatic rings. The van der Waals surface area contributed by atoms with Crippen molar-refractivity contribution < 1.29 is 23.9 Å². The zero-order valence-electron chi connectivity index (χ0n) is 25.4. The molecule has 0 aromatic carbocycles. The lowest BCUT2D eigenvalue weighted by atomic mass is 9.73. The average molecular weight is 544 g/mol.